The average molecular weight is 414 g/mol. The van der Waals surface area contributed by atoms with Crippen molar-refractivity contribution in [2.45, 2.75) is 18.9 Å². The van der Waals surface area contributed by atoms with E-state index in [1.54, 1.807) is 30.6 Å². The molecule has 2 aromatic carbocycles. The van der Waals surface area contributed by atoms with Gasteiger partial charge in [0.25, 0.3) is 0 Å². The Balaban J connectivity index is 1.49. The maximum atomic E-state index is 11.3. The van der Waals surface area contributed by atoms with E-state index >= 15 is 0 Å². The molecule has 0 spiro atoms. The Labute approximate surface area is 179 Å². The van der Waals surface area contributed by atoms with Crippen molar-refractivity contribution in [2.24, 2.45) is 0 Å². The van der Waals surface area contributed by atoms with Crippen molar-refractivity contribution in [2.75, 3.05) is 13.1 Å². The molecule has 1 atom stereocenters. The number of aromatic nitrogens is 3. The number of hydrogen-bond donors (Lipinski definition) is 3. The van der Waals surface area contributed by atoms with E-state index < -0.39 is 5.97 Å². The Morgan fingerprint density at radius 1 is 1.13 bits per heavy atom. The van der Waals surface area contributed by atoms with Crippen LogP contribution in [0.2, 0.25) is 0 Å². The number of ether oxygens (including phenoxy) is 1. The van der Waals surface area contributed by atoms with Crippen molar-refractivity contribution >= 4 is 16.9 Å². The third-order valence-corrected chi connectivity index (χ3v) is 5.55. The van der Waals surface area contributed by atoms with E-state index in [1.807, 2.05) is 30.5 Å². The molecule has 4 aromatic rings. The number of carboxylic acid groups (broad SMARTS) is 1. The van der Waals surface area contributed by atoms with Crippen LogP contribution >= 0.6 is 0 Å². The van der Waals surface area contributed by atoms with Crippen LogP contribution in [-0.2, 0) is 0 Å². The summed E-state index contributed by atoms with van der Waals surface area (Å²) in [5.41, 5.74) is 4.67. The zero-order chi connectivity index (χ0) is 21.2. The number of aromatic amines is 1. The van der Waals surface area contributed by atoms with Crippen LogP contribution in [0.1, 0.15) is 23.2 Å². The summed E-state index contributed by atoms with van der Waals surface area (Å²) in [5, 5.41) is 13.6. The number of benzene rings is 2. The molecule has 2 aromatic heterocycles. The van der Waals surface area contributed by atoms with Crippen LogP contribution in [0.4, 0.5) is 0 Å². The molecule has 3 heterocycles. The number of hydrogen-bond acceptors (Lipinski definition) is 5. The summed E-state index contributed by atoms with van der Waals surface area (Å²) < 4.78 is 6.03. The molecule has 0 radical (unpaired) electrons. The number of H-pyrrole nitrogens is 1. The van der Waals surface area contributed by atoms with E-state index in [9.17, 15) is 9.90 Å². The fourth-order valence-electron chi connectivity index (χ4n) is 3.97. The summed E-state index contributed by atoms with van der Waals surface area (Å²) in [5.74, 6) is -0.420. The molecule has 0 amide bonds. The van der Waals surface area contributed by atoms with Crippen LogP contribution < -0.4 is 10.1 Å². The summed E-state index contributed by atoms with van der Waals surface area (Å²) in [6.07, 6.45) is 7.49. The van der Waals surface area contributed by atoms with Gasteiger partial charge >= 0.3 is 5.97 Å². The first-order chi connectivity index (χ1) is 15.2. The Morgan fingerprint density at radius 2 is 2.03 bits per heavy atom. The van der Waals surface area contributed by atoms with Crippen LogP contribution in [0.15, 0.2) is 61.1 Å². The first-order valence-electron chi connectivity index (χ1n) is 10.3. The maximum Gasteiger partial charge on any atom is 0.335 e. The SMILES string of the molecule is O=C(O)c1cccc(-c2ccc3[nH]cc(-c4cncc(OC5CCCNC5)n4)c3c2)c1. The van der Waals surface area contributed by atoms with Crippen LogP contribution in [0.3, 0.4) is 0 Å². The fourth-order valence-corrected chi connectivity index (χ4v) is 3.97. The lowest BCUT2D eigenvalue weighted by Gasteiger charge is -2.23. The van der Waals surface area contributed by atoms with Gasteiger partial charge in [0.15, 0.2) is 0 Å². The molecule has 1 aliphatic rings. The maximum absolute atomic E-state index is 11.3. The molecule has 31 heavy (non-hydrogen) atoms. The molecule has 3 N–H and O–H groups in total. The second kappa shape index (κ2) is 8.20. The third-order valence-electron chi connectivity index (χ3n) is 5.55. The molecule has 0 saturated carbocycles. The van der Waals surface area contributed by atoms with Gasteiger partial charge < -0.3 is 20.1 Å². The monoisotopic (exact) mass is 414 g/mol. The Morgan fingerprint density at radius 3 is 2.87 bits per heavy atom. The lowest BCUT2D eigenvalue weighted by Crippen LogP contribution is -2.37. The molecule has 0 bridgehead atoms. The van der Waals surface area contributed by atoms with Gasteiger partial charge in [-0.25, -0.2) is 9.78 Å². The lowest BCUT2D eigenvalue weighted by molar-refractivity contribution is 0.0697. The molecule has 156 valence electrons. The number of carbonyl (C=O) groups is 1. The highest BCUT2D eigenvalue weighted by atomic mass is 16.5. The standard InChI is InChI=1S/C24H22N4O3/c29-24(30)17-4-1-3-15(9-17)16-6-7-21-19(10-16)20(12-27-21)22-13-26-14-23(28-22)31-18-5-2-8-25-11-18/h1,3-4,6-7,9-10,12-14,18,25,27H,2,5,8,11H2,(H,29,30). The molecule has 5 rings (SSSR count). The molecule has 1 fully saturated rings. The van der Waals surface area contributed by atoms with Crippen LogP contribution in [0, 0.1) is 0 Å². The molecule has 1 aliphatic heterocycles. The smallest absolute Gasteiger partial charge is 0.335 e. The molecular formula is C24H22N4O3. The average Bonchev–Trinajstić information content (AvgIpc) is 3.23. The lowest BCUT2D eigenvalue weighted by atomic mass is 10.00. The number of nitrogens with one attached hydrogen (secondary N) is 2. The van der Waals surface area contributed by atoms with Gasteiger partial charge in [0.1, 0.15) is 6.10 Å². The number of aromatic carboxylic acids is 1. The molecular weight excluding hydrogens is 392 g/mol. The minimum Gasteiger partial charge on any atom is -0.478 e. The van der Waals surface area contributed by atoms with Gasteiger partial charge in [-0.05, 0) is 54.8 Å². The van der Waals surface area contributed by atoms with Crippen molar-refractivity contribution in [1.82, 2.24) is 20.3 Å². The minimum absolute atomic E-state index is 0.106. The van der Waals surface area contributed by atoms with E-state index in [0.29, 0.717) is 5.88 Å². The van der Waals surface area contributed by atoms with Gasteiger partial charge in [0.05, 0.1) is 23.7 Å². The molecule has 1 unspecified atom stereocenters. The number of nitrogens with zero attached hydrogens (tertiary/aromatic N) is 2. The van der Waals surface area contributed by atoms with Gasteiger partial charge in [-0.1, -0.05) is 18.2 Å². The van der Waals surface area contributed by atoms with Gasteiger partial charge in [-0.3, -0.25) is 4.98 Å². The number of fused-ring (bicyclic) bond motifs is 1. The number of rotatable bonds is 5. The van der Waals surface area contributed by atoms with E-state index in [2.05, 4.69) is 20.3 Å². The highest BCUT2D eigenvalue weighted by molar-refractivity contribution is 5.97. The van der Waals surface area contributed by atoms with Crippen molar-refractivity contribution in [3.8, 4) is 28.3 Å². The normalized spacial score (nSPS) is 16.3. The van der Waals surface area contributed by atoms with Gasteiger partial charge in [0.2, 0.25) is 5.88 Å². The highest BCUT2D eigenvalue weighted by Gasteiger charge is 2.16. The molecule has 1 saturated heterocycles. The first-order valence-corrected chi connectivity index (χ1v) is 10.3. The summed E-state index contributed by atoms with van der Waals surface area (Å²) in [6.45, 7) is 1.84. The van der Waals surface area contributed by atoms with E-state index in [-0.39, 0.29) is 11.7 Å². The van der Waals surface area contributed by atoms with Gasteiger partial charge in [-0.15, -0.1) is 0 Å². The van der Waals surface area contributed by atoms with Crippen LogP contribution in [-0.4, -0.2) is 45.2 Å². The van der Waals surface area contributed by atoms with E-state index in [0.717, 1.165) is 59.2 Å². The predicted octanol–water partition coefficient (Wildman–Crippen LogP) is 4.12. The molecule has 0 aliphatic carbocycles. The van der Waals surface area contributed by atoms with Gasteiger partial charge in [0, 0.05) is 29.2 Å². The zero-order valence-electron chi connectivity index (χ0n) is 16.8. The fraction of sp³-hybridized carbons (Fsp3) is 0.208. The van der Waals surface area contributed by atoms with E-state index in [1.165, 1.54) is 0 Å². The van der Waals surface area contributed by atoms with Crippen molar-refractivity contribution < 1.29 is 14.6 Å². The topological polar surface area (TPSA) is 100 Å². The summed E-state index contributed by atoms with van der Waals surface area (Å²) in [7, 11) is 0. The quantitative estimate of drug-likeness (QED) is 0.454. The molecule has 7 nitrogen and oxygen atoms in total. The minimum atomic E-state index is -0.939. The Hall–Kier alpha value is -3.71. The Bertz CT molecular complexity index is 1240. The Kier molecular flexibility index (Phi) is 5.09. The molecule has 7 heteroatoms. The van der Waals surface area contributed by atoms with Crippen molar-refractivity contribution in [3.63, 3.8) is 0 Å². The number of carboxylic acids is 1. The second-order valence-corrected chi connectivity index (χ2v) is 7.68. The summed E-state index contributed by atoms with van der Waals surface area (Å²) in [4.78, 5) is 23.6. The van der Waals surface area contributed by atoms with Crippen molar-refractivity contribution in [1.29, 1.82) is 0 Å². The predicted molar refractivity (Wildman–Crippen MR) is 118 cm³/mol. The van der Waals surface area contributed by atoms with Gasteiger partial charge in [-0.2, -0.15) is 0 Å². The number of piperidine rings is 1. The second-order valence-electron chi connectivity index (χ2n) is 7.68. The van der Waals surface area contributed by atoms with E-state index in [4.69, 9.17) is 4.74 Å². The third kappa shape index (κ3) is 4.00. The van der Waals surface area contributed by atoms with Crippen LogP contribution in [0.5, 0.6) is 5.88 Å². The zero-order valence-corrected chi connectivity index (χ0v) is 16.8. The largest absolute Gasteiger partial charge is 0.478 e. The highest BCUT2D eigenvalue weighted by Crippen LogP contribution is 2.32. The first kappa shape index (κ1) is 19.3. The van der Waals surface area contributed by atoms with Crippen molar-refractivity contribution in [3.05, 3.63) is 66.6 Å². The summed E-state index contributed by atoms with van der Waals surface area (Å²) >= 11 is 0. The van der Waals surface area contributed by atoms with Crippen LogP contribution in [0.25, 0.3) is 33.3 Å². The summed E-state index contributed by atoms with van der Waals surface area (Å²) in [6, 6.07) is 13.0.